The minimum absolute atomic E-state index is 0.0921. The average molecular weight is 367 g/mol. The third-order valence-corrected chi connectivity index (χ3v) is 6.31. The summed E-state index contributed by atoms with van der Waals surface area (Å²) in [6.45, 7) is 2.74. The molecule has 1 N–H and O–H groups in total. The Hall–Kier alpha value is -1.20. The number of hydrogen-bond donors (Lipinski definition) is 1. The molecule has 0 spiro atoms. The zero-order chi connectivity index (χ0) is 17.1. The number of fused-ring (bicyclic) bond motifs is 1. The van der Waals surface area contributed by atoms with Gasteiger partial charge in [-0.05, 0) is 38.0 Å². The molecule has 1 unspecified atom stereocenters. The summed E-state index contributed by atoms with van der Waals surface area (Å²) >= 11 is 7.43. The fourth-order valence-corrected chi connectivity index (χ4v) is 4.82. The predicted molar refractivity (Wildman–Crippen MR) is 98.6 cm³/mol. The summed E-state index contributed by atoms with van der Waals surface area (Å²) in [4.78, 5) is 28.1. The summed E-state index contributed by atoms with van der Waals surface area (Å²) < 4.78 is 0. The van der Waals surface area contributed by atoms with Crippen LogP contribution >= 0.6 is 23.4 Å². The smallest absolute Gasteiger partial charge is 0.238 e. The molecule has 1 heterocycles. The zero-order valence-corrected chi connectivity index (χ0v) is 15.5. The number of thioether (sulfide) groups is 1. The third-order valence-electron chi connectivity index (χ3n) is 4.80. The van der Waals surface area contributed by atoms with Gasteiger partial charge in [0.15, 0.2) is 0 Å². The summed E-state index contributed by atoms with van der Waals surface area (Å²) in [6.07, 6.45) is 6.09. The van der Waals surface area contributed by atoms with Crippen LogP contribution in [0.25, 0.3) is 0 Å². The van der Waals surface area contributed by atoms with E-state index in [9.17, 15) is 9.59 Å². The number of halogens is 1. The minimum Gasteiger partial charge on any atom is -0.340 e. The van der Waals surface area contributed by atoms with E-state index in [2.05, 4.69) is 5.32 Å². The van der Waals surface area contributed by atoms with Crippen molar-refractivity contribution in [3.05, 3.63) is 23.2 Å². The van der Waals surface area contributed by atoms with Crippen molar-refractivity contribution in [2.45, 2.75) is 61.6 Å². The molecule has 6 heteroatoms. The molecule has 0 radical (unpaired) electrons. The van der Waals surface area contributed by atoms with Crippen LogP contribution in [0.15, 0.2) is 23.1 Å². The van der Waals surface area contributed by atoms with Crippen molar-refractivity contribution in [3.8, 4) is 0 Å². The number of anilines is 1. The lowest BCUT2D eigenvalue weighted by Gasteiger charge is -2.35. The molecule has 24 heavy (non-hydrogen) atoms. The Bertz CT molecular complexity index is 631. The molecule has 0 saturated heterocycles. The normalized spacial score (nSPS) is 21.1. The maximum Gasteiger partial charge on any atom is 0.238 e. The van der Waals surface area contributed by atoms with Crippen molar-refractivity contribution in [1.29, 1.82) is 0 Å². The minimum atomic E-state index is -0.371. The van der Waals surface area contributed by atoms with Crippen molar-refractivity contribution in [1.82, 2.24) is 4.90 Å². The van der Waals surface area contributed by atoms with Crippen molar-refractivity contribution in [2.75, 3.05) is 11.9 Å². The van der Waals surface area contributed by atoms with Gasteiger partial charge in [0, 0.05) is 28.9 Å². The highest BCUT2D eigenvalue weighted by atomic mass is 35.5. The van der Waals surface area contributed by atoms with Crippen LogP contribution in [0.4, 0.5) is 5.69 Å². The predicted octanol–water partition coefficient (Wildman–Crippen LogP) is 4.32. The van der Waals surface area contributed by atoms with Gasteiger partial charge in [0.25, 0.3) is 0 Å². The molecule has 2 aliphatic rings. The Morgan fingerprint density at radius 1 is 1.33 bits per heavy atom. The average Bonchev–Trinajstić information content (AvgIpc) is 2.57. The standard InChI is InChI=1S/C18H23ClN2O2S/c1-2-21(13-6-4-3-5-7-13)17(22)11-16-18(23)20-14-10-12(19)8-9-15(14)24-16/h8-10,13,16H,2-7,11H2,1H3,(H,20,23). The molecular formula is C18H23ClN2O2S. The lowest BCUT2D eigenvalue weighted by atomic mass is 9.94. The Morgan fingerprint density at radius 3 is 2.79 bits per heavy atom. The molecule has 2 amide bonds. The van der Waals surface area contributed by atoms with Gasteiger partial charge in [-0.15, -0.1) is 11.8 Å². The van der Waals surface area contributed by atoms with Crippen LogP contribution in [-0.2, 0) is 9.59 Å². The molecule has 1 aromatic rings. The highest BCUT2D eigenvalue weighted by molar-refractivity contribution is 8.01. The van der Waals surface area contributed by atoms with Crippen LogP contribution < -0.4 is 5.32 Å². The van der Waals surface area contributed by atoms with Gasteiger partial charge in [0.1, 0.15) is 0 Å². The Labute approximate surface area is 152 Å². The van der Waals surface area contributed by atoms with E-state index in [-0.39, 0.29) is 23.5 Å². The van der Waals surface area contributed by atoms with Crippen LogP contribution in [0, 0.1) is 0 Å². The first-order valence-corrected chi connectivity index (χ1v) is 9.90. The number of carbonyl (C=O) groups excluding carboxylic acids is 2. The summed E-state index contributed by atoms with van der Waals surface area (Å²) in [5.41, 5.74) is 0.737. The van der Waals surface area contributed by atoms with Crippen molar-refractivity contribution < 1.29 is 9.59 Å². The van der Waals surface area contributed by atoms with Gasteiger partial charge >= 0.3 is 0 Å². The van der Waals surface area contributed by atoms with E-state index < -0.39 is 0 Å². The van der Waals surface area contributed by atoms with Crippen LogP contribution in [0.2, 0.25) is 5.02 Å². The van der Waals surface area contributed by atoms with E-state index in [4.69, 9.17) is 11.6 Å². The molecular weight excluding hydrogens is 344 g/mol. The summed E-state index contributed by atoms with van der Waals surface area (Å²) in [5, 5.41) is 3.10. The van der Waals surface area contributed by atoms with Gasteiger partial charge in [-0.2, -0.15) is 0 Å². The fourth-order valence-electron chi connectivity index (χ4n) is 3.56. The van der Waals surface area contributed by atoms with Crippen molar-refractivity contribution in [2.24, 2.45) is 0 Å². The molecule has 0 aromatic heterocycles. The summed E-state index contributed by atoms with van der Waals surface area (Å²) in [7, 11) is 0. The largest absolute Gasteiger partial charge is 0.340 e. The highest BCUT2D eigenvalue weighted by Gasteiger charge is 2.32. The molecule has 1 aliphatic heterocycles. The monoisotopic (exact) mass is 366 g/mol. The summed E-state index contributed by atoms with van der Waals surface area (Å²) in [5.74, 6) is -0.0164. The maximum atomic E-state index is 12.8. The first-order chi connectivity index (χ1) is 11.6. The number of amides is 2. The second kappa shape index (κ2) is 7.79. The van der Waals surface area contributed by atoms with Crippen molar-refractivity contribution in [3.63, 3.8) is 0 Å². The van der Waals surface area contributed by atoms with Crippen LogP contribution in [0.5, 0.6) is 0 Å². The van der Waals surface area contributed by atoms with Crippen LogP contribution in [-0.4, -0.2) is 34.6 Å². The number of hydrogen-bond acceptors (Lipinski definition) is 3. The van der Waals surface area contributed by atoms with Gasteiger partial charge in [0.2, 0.25) is 11.8 Å². The van der Waals surface area contributed by atoms with E-state index in [0.717, 1.165) is 23.4 Å². The zero-order valence-electron chi connectivity index (χ0n) is 13.9. The Morgan fingerprint density at radius 2 is 2.08 bits per heavy atom. The molecule has 0 bridgehead atoms. The quantitative estimate of drug-likeness (QED) is 0.863. The molecule has 1 atom stereocenters. The first-order valence-electron chi connectivity index (χ1n) is 8.65. The molecule has 1 saturated carbocycles. The number of benzene rings is 1. The second-order valence-electron chi connectivity index (χ2n) is 6.41. The van der Waals surface area contributed by atoms with E-state index in [0.29, 0.717) is 17.6 Å². The lowest BCUT2D eigenvalue weighted by molar-refractivity contribution is -0.135. The van der Waals surface area contributed by atoms with Gasteiger partial charge in [-0.1, -0.05) is 30.9 Å². The first kappa shape index (κ1) is 17.6. The van der Waals surface area contributed by atoms with E-state index >= 15 is 0 Å². The Balaban J connectivity index is 1.67. The number of nitrogens with one attached hydrogen (secondary N) is 1. The number of carbonyl (C=O) groups is 2. The van der Waals surface area contributed by atoms with Gasteiger partial charge in [-0.3, -0.25) is 9.59 Å². The molecule has 1 aliphatic carbocycles. The van der Waals surface area contributed by atoms with E-state index in [1.165, 1.54) is 31.0 Å². The van der Waals surface area contributed by atoms with Crippen molar-refractivity contribution >= 4 is 40.9 Å². The van der Waals surface area contributed by atoms with Crippen LogP contribution in [0.1, 0.15) is 45.4 Å². The maximum absolute atomic E-state index is 12.8. The third kappa shape index (κ3) is 3.89. The summed E-state index contributed by atoms with van der Waals surface area (Å²) in [6, 6.07) is 5.81. The fraction of sp³-hybridized carbons (Fsp3) is 0.556. The molecule has 4 nitrogen and oxygen atoms in total. The van der Waals surface area contributed by atoms with Gasteiger partial charge < -0.3 is 10.2 Å². The van der Waals surface area contributed by atoms with Gasteiger partial charge in [0.05, 0.1) is 10.9 Å². The number of rotatable bonds is 4. The lowest BCUT2D eigenvalue weighted by Crippen LogP contribution is -2.43. The molecule has 130 valence electrons. The van der Waals surface area contributed by atoms with E-state index in [1.807, 2.05) is 24.0 Å². The molecule has 3 rings (SSSR count). The Kier molecular flexibility index (Phi) is 5.72. The van der Waals surface area contributed by atoms with Crippen LogP contribution in [0.3, 0.4) is 0 Å². The number of nitrogens with zero attached hydrogens (tertiary/aromatic N) is 1. The van der Waals surface area contributed by atoms with E-state index in [1.54, 1.807) is 6.07 Å². The molecule has 1 fully saturated rings. The topological polar surface area (TPSA) is 49.4 Å². The van der Waals surface area contributed by atoms with Gasteiger partial charge in [-0.25, -0.2) is 0 Å². The highest BCUT2D eigenvalue weighted by Crippen LogP contribution is 2.38. The second-order valence-corrected chi connectivity index (χ2v) is 8.09. The molecule has 1 aromatic carbocycles. The SMILES string of the molecule is CCN(C(=O)CC1Sc2ccc(Cl)cc2NC1=O)C1CCCCC1.